The number of carbonyl (C=O) groups excluding carboxylic acids is 2. The van der Waals surface area contributed by atoms with Crippen LogP contribution in [0.3, 0.4) is 0 Å². The van der Waals surface area contributed by atoms with Crippen molar-refractivity contribution in [3.8, 4) is 0 Å². The van der Waals surface area contributed by atoms with Crippen molar-refractivity contribution in [2.45, 2.75) is 64.5 Å². The monoisotopic (exact) mass is 485 g/mol. The summed E-state index contributed by atoms with van der Waals surface area (Å²) in [5.41, 5.74) is 3.15. The smallest absolute Gasteiger partial charge is 0.323 e. The molecule has 1 aliphatic carbocycles. The van der Waals surface area contributed by atoms with Crippen LogP contribution in [0.1, 0.15) is 50.3 Å². The maximum Gasteiger partial charge on any atom is 0.323 e. The van der Waals surface area contributed by atoms with Crippen molar-refractivity contribution >= 4 is 23.5 Å². The van der Waals surface area contributed by atoms with Crippen molar-refractivity contribution in [1.82, 2.24) is 5.32 Å². The summed E-state index contributed by atoms with van der Waals surface area (Å²) in [6.45, 7) is 6.29. The molecule has 1 aliphatic rings. The van der Waals surface area contributed by atoms with Gasteiger partial charge >= 0.3 is 11.9 Å². The molecule has 6 heteroatoms. The number of carbonyl (C=O) groups is 2. The van der Waals surface area contributed by atoms with E-state index in [1.54, 1.807) is 0 Å². The van der Waals surface area contributed by atoms with Gasteiger partial charge in [0.25, 0.3) is 0 Å². The molecule has 1 N–H and O–H groups in total. The molecular weight excluding hydrogens is 450 g/mol. The van der Waals surface area contributed by atoms with Crippen molar-refractivity contribution < 1.29 is 19.1 Å². The summed E-state index contributed by atoms with van der Waals surface area (Å²) in [4.78, 5) is 25.2. The minimum atomic E-state index is -0.507. The molecule has 0 aliphatic heterocycles. The third-order valence-electron chi connectivity index (χ3n) is 6.37. The van der Waals surface area contributed by atoms with E-state index in [0.717, 1.165) is 24.8 Å². The Bertz CT molecular complexity index is 967. The minimum absolute atomic E-state index is 0.156. The van der Waals surface area contributed by atoms with E-state index in [2.05, 4.69) is 29.6 Å². The van der Waals surface area contributed by atoms with Crippen LogP contribution in [-0.2, 0) is 38.3 Å². The number of nitrogens with one attached hydrogen (secondary N) is 1. The highest BCUT2D eigenvalue weighted by Crippen LogP contribution is 2.32. The SMILES string of the molecule is COC(=O)[C@@H](Cc1ccc(Cl)cc1)NC[C@H]1Cc2ccccc2CCC1CC(=O)OC(C)(C)C. The Morgan fingerprint density at radius 2 is 1.74 bits per heavy atom. The minimum Gasteiger partial charge on any atom is -0.468 e. The molecule has 5 nitrogen and oxygen atoms in total. The topological polar surface area (TPSA) is 64.6 Å². The number of halogens is 1. The lowest BCUT2D eigenvalue weighted by Gasteiger charge is -2.28. The van der Waals surface area contributed by atoms with Crippen LogP contribution >= 0.6 is 11.6 Å². The average molecular weight is 486 g/mol. The Balaban J connectivity index is 1.75. The number of methoxy groups -OCH3 is 1. The maximum absolute atomic E-state index is 12.7. The molecule has 0 fully saturated rings. The number of aryl methyl sites for hydroxylation is 1. The fourth-order valence-corrected chi connectivity index (χ4v) is 4.79. The van der Waals surface area contributed by atoms with Gasteiger partial charge in [0.15, 0.2) is 0 Å². The van der Waals surface area contributed by atoms with Gasteiger partial charge in [0.1, 0.15) is 11.6 Å². The summed E-state index contributed by atoms with van der Waals surface area (Å²) in [7, 11) is 1.41. The molecule has 3 rings (SSSR count). The van der Waals surface area contributed by atoms with E-state index >= 15 is 0 Å². The molecular formula is C28H36ClNO4. The lowest BCUT2D eigenvalue weighted by Crippen LogP contribution is -2.43. The molecule has 34 heavy (non-hydrogen) atoms. The van der Waals surface area contributed by atoms with Crippen molar-refractivity contribution in [2.75, 3.05) is 13.7 Å². The number of hydrogen-bond acceptors (Lipinski definition) is 5. The first kappa shape index (κ1) is 26.2. The summed E-state index contributed by atoms with van der Waals surface area (Å²) in [5.74, 6) is -0.121. The van der Waals surface area contributed by atoms with Gasteiger partial charge in [-0.1, -0.05) is 48.0 Å². The molecule has 1 unspecified atom stereocenters. The van der Waals surface area contributed by atoms with E-state index in [4.69, 9.17) is 21.1 Å². The molecule has 0 spiro atoms. The average Bonchev–Trinajstić information content (AvgIpc) is 2.95. The summed E-state index contributed by atoms with van der Waals surface area (Å²) >= 11 is 6.01. The van der Waals surface area contributed by atoms with Crippen LogP contribution in [0, 0.1) is 11.8 Å². The Morgan fingerprint density at radius 1 is 1.06 bits per heavy atom. The first-order valence-corrected chi connectivity index (χ1v) is 12.4. The zero-order valence-electron chi connectivity index (χ0n) is 20.6. The highest BCUT2D eigenvalue weighted by molar-refractivity contribution is 6.30. The molecule has 0 bridgehead atoms. The van der Waals surface area contributed by atoms with Crippen molar-refractivity contribution in [3.63, 3.8) is 0 Å². The first-order valence-electron chi connectivity index (χ1n) is 12.0. The van der Waals surface area contributed by atoms with Crippen LogP contribution in [0.5, 0.6) is 0 Å². The Hall–Kier alpha value is -2.37. The molecule has 184 valence electrons. The second-order valence-corrected chi connectivity index (χ2v) is 10.6. The fraction of sp³-hybridized carbons (Fsp3) is 0.500. The number of hydrogen-bond donors (Lipinski definition) is 1. The van der Waals surface area contributed by atoms with Gasteiger partial charge in [-0.15, -0.1) is 0 Å². The van der Waals surface area contributed by atoms with Gasteiger partial charge in [0.05, 0.1) is 7.11 Å². The summed E-state index contributed by atoms with van der Waals surface area (Å²) in [5, 5.41) is 4.11. The molecule has 0 heterocycles. The lowest BCUT2D eigenvalue weighted by atomic mass is 9.84. The van der Waals surface area contributed by atoms with Crippen molar-refractivity contribution in [3.05, 3.63) is 70.2 Å². The number of fused-ring (bicyclic) bond motifs is 1. The highest BCUT2D eigenvalue weighted by atomic mass is 35.5. The Labute approximate surface area is 208 Å². The predicted octanol–water partition coefficient (Wildman–Crippen LogP) is 5.17. The molecule has 3 atom stereocenters. The van der Waals surface area contributed by atoms with Gasteiger partial charge in [-0.25, -0.2) is 0 Å². The zero-order valence-corrected chi connectivity index (χ0v) is 21.4. The van der Waals surface area contributed by atoms with Crippen LogP contribution in [0.2, 0.25) is 5.02 Å². The molecule has 2 aromatic carbocycles. The second-order valence-electron chi connectivity index (χ2n) is 10.1. The molecule has 2 aromatic rings. The lowest BCUT2D eigenvalue weighted by molar-refractivity contribution is -0.156. The van der Waals surface area contributed by atoms with Crippen LogP contribution in [-0.4, -0.2) is 37.2 Å². The molecule has 0 radical (unpaired) electrons. The normalized spacial score (nSPS) is 19.0. The fourth-order valence-electron chi connectivity index (χ4n) is 4.66. The van der Waals surface area contributed by atoms with Crippen LogP contribution in [0.4, 0.5) is 0 Å². The summed E-state index contributed by atoms with van der Waals surface area (Å²) in [6, 6.07) is 15.5. The molecule has 0 aromatic heterocycles. The highest BCUT2D eigenvalue weighted by Gasteiger charge is 2.31. The van der Waals surface area contributed by atoms with Crippen LogP contribution < -0.4 is 5.32 Å². The van der Waals surface area contributed by atoms with E-state index in [9.17, 15) is 9.59 Å². The van der Waals surface area contributed by atoms with Crippen LogP contribution in [0.25, 0.3) is 0 Å². The summed E-state index contributed by atoms with van der Waals surface area (Å²) in [6.07, 6.45) is 3.57. The number of ether oxygens (including phenoxy) is 2. The second kappa shape index (κ2) is 11.9. The van der Waals surface area contributed by atoms with Gasteiger partial charge in [-0.3, -0.25) is 9.59 Å². The van der Waals surface area contributed by atoms with Gasteiger partial charge in [0.2, 0.25) is 0 Å². The van der Waals surface area contributed by atoms with E-state index in [1.165, 1.54) is 18.2 Å². The van der Waals surface area contributed by atoms with Gasteiger partial charge < -0.3 is 14.8 Å². The summed E-state index contributed by atoms with van der Waals surface area (Å²) < 4.78 is 10.7. The number of rotatable bonds is 8. The van der Waals surface area contributed by atoms with E-state index in [0.29, 0.717) is 24.4 Å². The standard InChI is InChI=1S/C28H36ClNO4/c1-28(2,3)34-26(31)17-22-12-11-20-7-5-6-8-21(20)16-23(22)18-30-25(27(32)33-4)15-19-9-13-24(29)14-10-19/h5-10,13-14,22-23,25,30H,11-12,15-18H2,1-4H3/t22?,23-,25-/m1/s1. The molecule has 0 amide bonds. The van der Waals surface area contributed by atoms with Crippen LogP contribution in [0.15, 0.2) is 48.5 Å². The largest absolute Gasteiger partial charge is 0.468 e. The Kier molecular flexibility index (Phi) is 9.15. The third-order valence-corrected chi connectivity index (χ3v) is 6.62. The maximum atomic E-state index is 12.7. The van der Waals surface area contributed by atoms with Gasteiger partial charge in [0, 0.05) is 11.4 Å². The van der Waals surface area contributed by atoms with Crippen molar-refractivity contribution in [1.29, 1.82) is 0 Å². The molecule has 0 saturated heterocycles. The van der Waals surface area contributed by atoms with Gasteiger partial charge in [-0.2, -0.15) is 0 Å². The van der Waals surface area contributed by atoms with E-state index in [-0.39, 0.29) is 23.8 Å². The van der Waals surface area contributed by atoms with Gasteiger partial charge in [-0.05, 0) is 93.7 Å². The number of benzene rings is 2. The quantitative estimate of drug-likeness (QED) is 0.413. The predicted molar refractivity (Wildman–Crippen MR) is 135 cm³/mol. The Morgan fingerprint density at radius 3 is 2.38 bits per heavy atom. The first-order chi connectivity index (χ1) is 16.1. The zero-order chi connectivity index (χ0) is 24.7. The van der Waals surface area contributed by atoms with E-state index < -0.39 is 11.6 Å². The van der Waals surface area contributed by atoms with Crippen molar-refractivity contribution in [2.24, 2.45) is 11.8 Å². The van der Waals surface area contributed by atoms with E-state index in [1.807, 2.05) is 45.0 Å². The molecule has 0 saturated carbocycles. The number of esters is 2. The third kappa shape index (κ3) is 7.85.